The van der Waals surface area contributed by atoms with E-state index in [1.54, 1.807) is 0 Å². The van der Waals surface area contributed by atoms with Crippen molar-refractivity contribution in [3.63, 3.8) is 0 Å². The minimum absolute atomic E-state index is 0.0715. The fraction of sp³-hybridized carbons (Fsp3) is 0.885. The van der Waals surface area contributed by atoms with E-state index >= 15 is 0 Å². The number of hydrogen-bond acceptors (Lipinski definition) is 2. The molecule has 0 spiro atoms. The molecule has 0 aliphatic carbocycles. The molecule has 0 heterocycles. The van der Waals surface area contributed by atoms with E-state index in [4.69, 9.17) is 16.4 Å². The van der Waals surface area contributed by atoms with Crippen LogP contribution in [0.2, 0.25) is 0 Å². The third-order valence-electron chi connectivity index (χ3n) is 5.07. The van der Waals surface area contributed by atoms with Gasteiger partial charge in [0, 0.05) is 12.5 Å². The molecule has 0 amide bonds. The van der Waals surface area contributed by atoms with Crippen molar-refractivity contribution in [2.75, 3.05) is 26.4 Å². The van der Waals surface area contributed by atoms with Crippen molar-refractivity contribution >= 4 is 0 Å². The Morgan fingerprint density at radius 2 is 1.39 bits per heavy atom. The van der Waals surface area contributed by atoms with Crippen LogP contribution in [0.25, 0.3) is 0 Å². The summed E-state index contributed by atoms with van der Waals surface area (Å²) in [7, 11) is 0. The molecule has 0 saturated heterocycles. The highest BCUT2D eigenvalue weighted by Crippen LogP contribution is 2.33. The van der Waals surface area contributed by atoms with Gasteiger partial charge in [-0.3, -0.25) is 0 Å². The standard InChI is InChI=1S/C26H50O2/c1-20(2)16-27-17-22(4)18-28-19-24(23(5)15-26(9,10)11)13-12-21(3)14-25(6,7)8/h4,21-24H,1,12-19H2,2-3,5-11H3. The minimum atomic E-state index is -0.0715. The van der Waals surface area contributed by atoms with Crippen molar-refractivity contribution in [2.45, 2.75) is 88.0 Å². The highest BCUT2D eigenvalue weighted by atomic mass is 16.5. The lowest BCUT2D eigenvalue weighted by Crippen LogP contribution is -2.25. The SMILES string of the molecule is [CH]C(COCC(=C)C)COCC(CCC(C)CC(C)(C)C)C(C)CC(C)(C)C. The fourth-order valence-electron chi connectivity index (χ4n) is 4.11. The predicted octanol–water partition coefficient (Wildman–Crippen LogP) is 7.46. The van der Waals surface area contributed by atoms with E-state index in [1.165, 1.54) is 25.7 Å². The molecule has 0 aromatic carbocycles. The van der Waals surface area contributed by atoms with Gasteiger partial charge in [-0.25, -0.2) is 0 Å². The first-order valence-electron chi connectivity index (χ1n) is 11.2. The first-order valence-corrected chi connectivity index (χ1v) is 11.2. The zero-order valence-corrected chi connectivity index (χ0v) is 20.6. The quantitative estimate of drug-likeness (QED) is 0.285. The molecule has 0 aliphatic heterocycles. The zero-order valence-electron chi connectivity index (χ0n) is 20.6. The average Bonchev–Trinajstić information content (AvgIpc) is 2.46. The summed E-state index contributed by atoms with van der Waals surface area (Å²) >= 11 is 0. The summed E-state index contributed by atoms with van der Waals surface area (Å²) in [6.07, 6.45) is 5.01. The van der Waals surface area contributed by atoms with Gasteiger partial charge in [0.2, 0.25) is 0 Å². The molecule has 0 N–H and O–H groups in total. The summed E-state index contributed by atoms with van der Waals surface area (Å²) in [5.41, 5.74) is 1.77. The molecule has 4 unspecified atom stereocenters. The second-order valence-electron chi connectivity index (χ2n) is 11.7. The molecule has 2 heteroatoms. The molecule has 2 nitrogen and oxygen atoms in total. The third-order valence-corrected chi connectivity index (χ3v) is 5.07. The van der Waals surface area contributed by atoms with E-state index in [9.17, 15) is 0 Å². The lowest BCUT2D eigenvalue weighted by molar-refractivity contribution is 0.0280. The normalized spacial score (nSPS) is 17.2. The molecular formula is C26H50O2. The predicted molar refractivity (Wildman–Crippen MR) is 123 cm³/mol. The monoisotopic (exact) mass is 394 g/mol. The van der Waals surface area contributed by atoms with Crippen LogP contribution in [0.5, 0.6) is 0 Å². The van der Waals surface area contributed by atoms with Crippen LogP contribution < -0.4 is 0 Å². The van der Waals surface area contributed by atoms with Crippen LogP contribution in [0.4, 0.5) is 0 Å². The first-order chi connectivity index (χ1) is 12.7. The van der Waals surface area contributed by atoms with Gasteiger partial charge < -0.3 is 9.47 Å². The molecule has 166 valence electrons. The lowest BCUT2D eigenvalue weighted by atomic mass is 9.76. The van der Waals surface area contributed by atoms with Gasteiger partial charge in [0.15, 0.2) is 0 Å². The van der Waals surface area contributed by atoms with Crippen molar-refractivity contribution < 1.29 is 9.47 Å². The molecule has 0 saturated carbocycles. The summed E-state index contributed by atoms with van der Waals surface area (Å²) in [5.74, 6) is 1.92. The summed E-state index contributed by atoms with van der Waals surface area (Å²) in [4.78, 5) is 0. The highest BCUT2D eigenvalue weighted by molar-refractivity contribution is 4.87. The molecular weight excluding hydrogens is 344 g/mol. The van der Waals surface area contributed by atoms with Crippen LogP contribution in [0.15, 0.2) is 12.2 Å². The van der Waals surface area contributed by atoms with Crippen LogP contribution in [0, 0.1) is 41.4 Å². The van der Waals surface area contributed by atoms with Crippen LogP contribution in [-0.4, -0.2) is 26.4 Å². The molecule has 0 aromatic heterocycles. The van der Waals surface area contributed by atoms with E-state index < -0.39 is 0 Å². The molecule has 0 fully saturated rings. The number of rotatable bonds is 14. The molecule has 0 aliphatic rings. The minimum Gasteiger partial charge on any atom is -0.381 e. The van der Waals surface area contributed by atoms with E-state index in [-0.39, 0.29) is 5.92 Å². The van der Waals surface area contributed by atoms with Gasteiger partial charge in [-0.05, 0) is 61.7 Å². The van der Waals surface area contributed by atoms with Gasteiger partial charge in [-0.2, -0.15) is 0 Å². The molecule has 0 rings (SSSR count). The van der Waals surface area contributed by atoms with E-state index in [1.807, 2.05) is 6.92 Å². The van der Waals surface area contributed by atoms with Gasteiger partial charge >= 0.3 is 0 Å². The molecule has 28 heavy (non-hydrogen) atoms. The van der Waals surface area contributed by atoms with Gasteiger partial charge in [0.05, 0.1) is 19.8 Å². The summed E-state index contributed by atoms with van der Waals surface area (Å²) in [6, 6.07) is 0. The maximum atomic E-state index is 6.14. The van der Waals surface area contributed by atoms with Crippen LogP contribution >= 0.6 is 0 Å². The van der Waals surface area contributed by atoms with Crippen molar-refractivity contribution in [2.24, 2.45) is 34.5 Å². The fourth-order valence-corrected chi connectivity index (χ4v) is 4.11. The largest absolute Gasteiger partial charge is 0.381 e. The number of ether oxygens (including phenoxy) is 2. The molecule has 0 bridgehead atoms. The molecule has 2 radical (unpaired) electrons. The number of hydrogen-bond donors (Lipinski definition) is 0. The van der Waals surface area contributed by atoms with Crippen molar-refractivity contribution in [3.8, 4) is 0 Å². The second kappa shape index (κ2) is 13.1. The Morgan fingerprint density at radius 3 is 1.89 bits per heavy atom. The van der Waals surface area contributed by atoms with E-state index in [2.05, 4.69) is 62.0 Å². The topological polar surface area (TPSA) is 18.5 Å². The first kappa shape index (κ1) is 27.7. The maximum Gasteiger partial charge on any atom is 0.0671 e. The Hall–Kier alpha value is -0.340. The highest BCUT2D eigenvalue weighted by Gasteiger charge is 2.25. The second-order valence-corrected chi connectivity index (χ2v) is 11.7. The van der Waals surface area contributed by atoms with Gasteiger partial charge in [-0.1, -0.05) is 74.0 Å². The smallest absolute Gasteiger partial charge is 0.0671 e. The Balaban J connectivity index is 4.54. The Labute approximate surface area is 177 Å². The third kappa shape index (κ3) is 16.6. The average molecular weight is 395 g/mol. The van der Waals surface area contributed by atoms with Crippen LogP contribution in [0.3, 0.4) is 0 Å². The van der Waals surface area contributed by atoms with Crippen molar-refractivity contribution in [1.82, 2.24) is 0 Å². The summed E-state index contributed by atoms with van der Waals surface area (Å²) < 4.78 is 11.6. The van der Waals surface area contributed by atoms with E-state index in [0.29, 0.717) is 42.5 Å². The van der Waals surface area contributed by atoms with Gasteiger partial charge in [0.25, 0.3) is 0 Å². The van der Waals surface area contributed by atoms with Crippen LogP contribution in [-0.2, 0) is 9.47 Å². The van der Waals surface area contributed by atoms with Gasteiger partial charge in [-0.15, -0.1) is 0 Å². The Bertz CT molecular complexity index is 413. The summed E-state index contributed by atoms with van der Waals surface area (Å²) in [6.45, 7) is 33.2. The van der Waals surface area contributed by atoms with Crippen molar-refractivity contribution in [1.29, 1.82) is 0 Å². The summed E-state index contributed by atoms with van der Waals surface area (Å²) in [5, 5.41) is 0. The zero-order chi connectivity index (χ0) is 22.0. The van der Waals surface area contributed by atoms with Gasteiger partial charge in [0.1, 0.15) is 0 Å². The molecule has 0 aromatic rings. The van der Waals surface area contributed by atoms with E-state index in [0.717, 1.165) is 18.1 Å². The Kier molecular flexibility index (Phi) is 12.9. The Morgan fingerprint density at radius 1 is 0.857 bits per heavy atom. The molecule has 4 atom stereocenters. The van der Waals surface area contributed by atoms with Crippen LogP contribution in [0.1, 0.15) is 88.0 Å². The maximum absolute atomic E-state index is 6.14. The van der Waals surface area contributed by atoms with Crippen molar-refractivity contribution in [3.05, 3.63) is 19.1 Å². The lowest BCUT2D eigenvalue weighted by Gasteiger charge is -2.31.